The van der Waals surface area contributed by atoms with Gasteiger partial charge in [-0.1, -0.05) is 121 Å². The Morgan fingerprint density at radius 3 is 1.64 bits per heavy atom. The van der Waals surface area contributed by atoms with Crippen LogP contribution >= 0.6 is 11.3 Å². The van der Waals surface area contributed by atoms with Gasteiger partial charge < -0.3 is 0 Å². The van der Waals surface area contributed by atoms with E-state index in [9.17, 15) is 0 Å². The van der Waals surface area contributed by atoms with E-state index in [1.54, 1.807) is 0 Å². The summed E-state index contributed by atoms with van der Waals surface area (Å²) in [4.78, 5) is 14.9. The molecule has 0 aliphatic rings. The van der Waals surface area contributed by atoms with Crippen LogP contribution < -0.4 is 0 Å². The molecule has 0 radical (unpaired) electrons. The summed E-state index contributed by atoms with van der Waals surface area (Å²) in [6.07, 6.45) is 0. The van der Waals surface area contributed by atoms with E-state index in [1.807, 2.05) is 41.7 Å². The number of nitrogens with zero attached hydrogens (tertiary/aromatic N) is 3. The van der Waals surface area contributed by atoms with Crippen molar-refractivity contribution in [2.75, 3.05) is 0 Å². The van der Waals surface area contributed by atoms with E-state index < -0.39 is 0 Å². The lowest BCUT2D eigenvalue weighted by molar-refractivity contribution is 1.08. The highest BCUT2D eigenvalue weighted by Crippen LogP contribution is 2.40. The fraction of sp³-hybridized carbons (Fsp3) is 0. The molecule has 0 spiro atoms. The van der Waals surface area contributed by atoms with Crippen LogP contribution in [0.1, 0.15) is 0 Å². The average molecular weight is 592 g/mol. The van der Waals surface area contributed by atoms with E-state index in [4.69, 9.17) is 15.0 Å². The fourth-order valence-electron chi connectivity index (χ4n) is 6.25. The molecule has 3 nitrogen and oxygen atoms in total. The van der Waals surface area contributed by atoms with Gasteiger partial charge in [-0.2, -0.15) is 0 Å². The van der Waals surface area contributed by atoms with Gasteiger partial charge in [0.1, 0.15) is 0 Å². The quantitative estimate of drug-likeness (QED) is 0.204. The second-order valence-corrected chi connectivity index (χ2v) is 12.4. The van der Waals surface area contributed by atoms with E-state index >= 15 is 0 Å². The van der Waals surface area contributed by atoms with Crippen molar-refractivity contribution >= 4 is 53.1 Å². The molecule has 9 aromatic rings. The number of rotatable bonds is 4. The van der Waals surface area contributed by atoms with E-state index in [1.165, 1.54) is 42.1 Å². The van der Waals surface area contributed by atoms with Crippen molar-refractivity contribution in [3.8, 4) is 45.3 Å². The van der Waals surface area contributed by atoms with Crippen LogP contribution in [-0.2, 0) is 0 Å². The maximum atomic E-state index is 5.01. The highest BCUT2D eigenvalue weighted by molar-refractivity contribution is 7.25. The maximum absolute atomic E-state index is 5.01. The van der Waals surface area contributed by atoms with Gasteiger partial charge in [-0.3, -0.25) is 0 Å². The van der Waals surface area contributed by atoms with Crippen LogP contribution in [0.15, 0.2) is 152 Å². The van der Waals surface area contributed by atoms with Crippen molar-refractivity contribution in [1.29, 1.82) is 0 Å². The van der Waals surface area contributed by atoms with E-state index in [-0.39, 0.29) is 0 Å². The minimum atomic E-state index is 0.660. The van der Waals surface area contributed by atoms with Gasteiger partial charge in [0.15, 0.2) is 17.5 Å². The van der Waals surface area contributed by atoms with Crippen LogP contribution in [0.4, 0.5) is 0 Å². The Hall–Kier alpha value is -5.71. The normalized spacial score (nSPS) is 11.6. The van der Waals surface area contributed by atoms with Crippen molar-refractivity contribution in [3.63, 3.8) is 0 Å². The second kappa shape index (κ2) is 10.5. The average Bonchev–Trinajstić information content (AvgIpc) is 3.50. The Morgan fingerprint density at radius 1 is 0.356 bits per heavy atom. The first-order valence-electron chi connectivity index (χ1n) is 15.0. The largest absolute Gasteiger partial charge is 0.208 e. The molecule has 0 amide bonds. The lowest BCUT2D eigenvalue weighted by atomic mass is 9.96. The Balaban J connectivity index is 1.16. The summed E-state index contributed by atoms with van der Waals surface area (Å²) in [5.74, 6) is 1.99. The molecule has 4 heteroatoms. The molecule has 7 aromatic carbocycles. The van der Waals surface area contributed by atoms with Crippen LogP contribution in [0.2, 0.25) is 0 Å². The number of thiophene rings is 1. The topological polar surface area (TPSA) is 38.7 Å². The molecule has 0 aliphatic carbocycles. The van der Waals surface area contributed by atoms with Gasteiger partial charge in [-0.05, 0) is 63.0 Å². The zero-order valence-corrected chi connectivity index (χ0v) is 25.0. The van der Waals surface area contributed by atoms with Crippen LogP contribution in [-0.4, -0.2) is 15.0 Å². The van der Waals surface area contributed by atoms with Crippen molar-refractivity contribution in [1.82, 2.24) is 15.0 Å². The van der Waals surface area contributed by atoms with Gasteiger partial charge in [-0.25, -0.2) is 15.0 Å². The third kappa shape index (κ3) is 4.55. The summed E-state index contributed by atoms with van der Waals surface area (Å²) in [6.45, 7) is 0. The molecule has 45 heavy (non-hydrogen) atoms. The molecule has 0 bridgehead atoms. The molecular weight excluding hydrogens is 567 g/mol. The summed E-state index contributed by atoms with van der Waals surface area (Å²) >= 11 is 1.85. The third-order valence-corrected chi connectivity index (χ3v) is 9.62. The fourth-order valence-corrected chi connectivity index (χ4v) is 7.38. The standard InChI is InChI=1S/C41H25N3S/c1-2-10-27(11-3-1)39-42-40(32-21-17-26-9-4-5-12-28(26)24-32)44-41(43-39)33-22-19-29-23-31(20-18-30(29)25-33)34-14-8-16-37-38(34)35-13-6-7-15-36(35)45-37/h1-25H. The molecule has 0 saturated carbocycles. The smallest absolute Gasteiger partial charge is 0.164 e. The summed E-state index contributed by atoms with van der Waals surface area (Å²) in [6, 6.07) is 53.4. The van der Waals surface area contributed by atoms with Crippen molar-refractivity contribution < 1.29 is 0 Å². The van der Waals surface area contributed by atoms with Crippen LogP contribution in [0.25, 0.3) is 87.0 Å². The van der Waals surface area contributed by atoms with Crippen LogP contribution in [0.5, 0.6) is 0 Å². The molecule has 0 saturated heterocycles. The second-order valence-electron chi connectivity index (χ2n) is 11.3. The maximum Gasteiger partial charge on any atom is 0.164 e. The Labute approximate surface area is 264 Å². The summed E-state index contributed by atoms with van der Waals surface area (Å²) < 4.78 is 2.64. The van der Waals surface area contributed by atoms with Gasteiger partial charge in [0.05, 0.1) is 0 Å². The molecular formula is C41H25N3S. The highest BCUT2D eigenvalue weighted by Gasteiger charge is 2.14. The minimum absolute atomic E-state index is 0.660. The summed E-state index contributed by atoms with van der Waals surface area (Å²) in [5.41, 5.74) is 5.37. The number of fused-ring (bicyclic) bond motifs is 5. The number of hydrogen-bond donors (Lipinski definition) is 0. The molecule has 210 valence electrons. The van der Waals surface area contributed by atoms with Gasteiger partial charge in [0.2, 0.25) is 0 Å². The van der Waals surface area contributed by atoms with E-state index in [0.717, 1.165) is 27.5 Å². The predicted molar refractivity (Wildman–Crippen MR) is 189 cm³/mol. The van der Waals surface area contributed by atoms with Gasteiger partial charge >= 0.3 is 0 Å². The predicted octanol–water partition coefficient (Wildman–Crippen LogP) is 11.2. The monoisotopic (exact) mass is 591 g/mol. The SMILES string of the molecule is c1ccc(-c2nc(-c3ccc4ccccc4c3)nc(-c3ccc4cc(-c5cccc6sc7ccccc7c56)ccc4c3)n2)cc1. The van der Waals surface area contributed by atoms with Crippen LogP contribution in [0.3, 0.4) is 0 Å². The molecule has 0 unspecified atom stereocenters. The first kappa shape index (κ1) is 25.8. The van der Waals surface area contributed by atoms with Crippen molar-refractivity contribution in [3.05, 3.63) is 152 Å². The Morgan fingerprint density at radius 2 is 0.889 bits per heavy atom. The molecule has 0 N–H and O–H groups in total. The minimum Gasteiger partial charge on any atom is -0.208 e. The number of benzene rings is 7. The van der Waals surface area contributed by atoms with Crippen LogP contribution in [0, 0.1) is 0 Å². The van der Waals surface area contributed by atoms with E-state index in [2.05, 4.69) is 121 Å². The first-order chi connectivity index (χ1) is 22.3. The first-order valence-corrected chi connectivity index (χ1v) is 15.8. The Kier molecular flexibility index (Phi) is 6.00. The van der Waals surface area contributed by atoms with Gasteiger partial charge in [0.25, 0.3) is 0 Å². The molecule has 0 fully saturated rings. The molecule has 9 rings (SSSR count). The molecule has 0 aliphatic heterocycles. The highest BCUT2D eigenvalue weighted by atomic mass is 32.1. The zero-order valence-electron chi connectivity index (χ0n) is 24.2. The Bertz CT molecular complexity index is 2550. The third-order valence-electron chi connectivity index (χ3n) is 8.49. The van der Waals surface area contributed by atoms with Crippen molar-refractivity contribution in [2.45, 2.75) is 0 Å². The summed E-state index contributed by atoms with van der Waals surface area (Å²) in [7, 11) is 0. The molecule has 0 atom stereocenters. The van der Waals surface area contributed by atoms with Gasteiger partial charge in [-0.15, -0.1) is 11.3 Å². The van der Waals surface area contributed by atoms with Gasteiger partial charge in [0, 0.05) is 36.9 Å². The van der Waals surface area contributed by atoms with E-state index in [0.29, 0.717) is 17.5 Å². The summed E-state index contributed by atoms with van der Waals surface area (Å²) in [5, 5.41) is 7.32. The number of hydrogen-bond acceptors (Lipinski definition) is 4. The lowest BCUT2D eigenvalue weighted by Crippen LogP contribution is -2.00. The lowest BCUT2D eigenvalue weighted by Gasteiger charge is -2.10. The zero-order chi connectivity index (χ0) is 29.7. The molecule has 2 heterocycles. The van der Waals surface area contributed by atoms with Crippen molar-refractivity contribution in [2.24, 2.45) is 0 Å². The number of aromatic nitrogens is 3. The molecule has 2 aromatic heterocycles.